The minimum atomic E-state index is -0.247. The molecule has 5 aromatic carbocycles. The lowest BCUT2D eigenvalue weighted by molar-refractivity contribution is 0.418. The van der Waals surface area contributed by atoms with E-state index in [0.29, 0.717) is 17.1 Å². The molecule has 0 aromatic heterocycles. The highest BCUT2D eigenvalue weighted by molar-refractivity contribution is 6.00. The lowest BCUT2D eigenvalue weighted by Crippen LogP contribution is -2.20. The van der Waals surface area contributed by atoms with Crippen LogP contribution in [0.25, 0.3) is 22.4 Å². The van der Waals surface area contributed by atoms with Crippen LogP contribution in [0.2, 0.25) is 0 Å². The van der Waals surface area contributed by atoms with E-state index in [0.717, 1.165) is 39.3 Å². The van der Waals surface area contributed by atoms with Gasteiger partial charge in [0.1, 0.15) is 29.2 Å². The largest absolute Gasteiger partial charge is 0.456 e. The highest BCUT2D eigenvalue weighted by atomic mass is 16.5. The number of allylic oxidation sites excluding steroid dienone is 4. The molecule has 0 spiro atoms. The molecule has 0 radical (unpaired) electrons. The maximum Gasteiger partial charge on any atom is 0.139 e. The minimum absolute atomic E-state index is 0.00802. The quantitative estimate of drug-likeness (QED) is 0.166. The molecular weight excluding hydrogens is 731 g/mol. The van der Waals surface area contributed by atoms with E-state index in [9.17, 15) is 10.5 Å². The standard InChI is InChI=1S/C56H63N3O/c1-52(2,3)39-21-25-44(26-22-39)59(50-32-41(54(7,8)9)28-37-19-20-40(29-47(37)50)53(4,5)6)43-23-16-36(17-24-43)18-27-45-33-46(38(34-57)35-58)48-30-42(55(10,11)12)31-49(51(48)60-45)56(13,14)15/h16-33H,1-15H3/b27-18+. The lowest BCUT2D eigenvalue weighted by atomic mass is 9.77. The van der Waals surface area contributed by atoms with E-state index in [2.05, 4.69) is 212 Å². The molecule has 0 amide bonds. The van der Waals surface area contributed by atoms with Crippen molar-refractivity contribution in [2.24, 2.45) is 0 Å². The number of benzene rings is 5. The SMILES string of the molecule is CC(C)(C)c1ccc(N(c2ccc(/C=C/C3=CC(=C(C#N)C#N)c4cc(C(C)(C)C)cc(C(C)(C)C)c4O3)cc2)c2cc(C(C)(C)C)cc3ccc(C(C)(C)C)cc23)cc1. The first-order chi connectivity index (χ1) is 27.8. The van der Waals surface area contributed by atoms with Gasteiger partial charge in [0.15, 0.2) is 0 Å². The highest BCUT2D eigenvalue weighted by Gasteiger charge is 2.31. The van der Waals surface area contributed by atoms with E-state index < -0.39 is 0 Å². The third kappa shape index (κ3) is 9.15. The van der Waals surface area contributed by atoms with Gasteiger partial charge >= 0.3 is 0 Å². The first kappa shape index (κ1) is 43.7. The Morgan fingerprint density at radius 1 is 0.533 bits per heavy atom. The van der Waals surface area contributed by atoms with Gasteiger partial charge in [0, 0.05) is 33.5 Å². The number of rotatable bonds is 5. The van der Waals surface area contributed by atoms with Crippen molar-refractivity contribution in [2.75, 3.05) is 4.90 Å². The Bertz CT molecular complexity index is 2600. The van der Waals surface area contributed by atoms with Crippen LogP contribution in [0.1, 0.15) is 143 Å². The van der Waals surface area contributed by atoms with E-state index in [-0.39, 0.29) is 32.6 Å². The van der Waals surface area contributed by atoms with Crippen molar-refractivity contribution in [3.8, 4) is 17.9 Å². The maximum atomic E-state index is 10.1. The molecular formula is C56H63N3O. The van der Waals surface area contributed by atoms with Gasteiger partial charge in [-0.05, 0) is 115 Å². The summed E-state index contributed by atoms with van der Waals surface area (Å²) >= 11 is 0. The van der Waals surface area contributed by atoms with Gasteiger partial charge in [-0.2, -0.15) is 10.5 Å². The van der Waals surface area contributed by atoms with Gasteiger partial charge in [0.2, 0.25) is 0 Å². The van der Waals surface area contributed by atoms with E-state index in [4.69, 9.17) is 4.74 Å². The first-order valence-electron chi connectivity index (χ1n) is 21.2. The number of nitriles is 2. The van der Waals surface area contributed by atoms with Gasteiger partial charge < -0.3 is 9.64 Å². The summed E-state index contributed by atoms with van der Waals surface area (Å²) in [4.78, 5) is 2.40. The zero-order valence-corrected chi connectivity index (χ0v) is 38.6. The molecule has 0 saturated carbocycles. The fourth-order valence-corrected chi connectivity index (χ4v) is 7.60. The van der Waals surface area contributed by atoms with Gasteiger partial charge in [-0.25, -0.2) is 0 Å². The van der Waals surface area contributed by atoms with Crippen molar-refractivity contribution in [1.82, 2.24) is 0 Å². The molecule has 4 heteroatoms. The summed E-state index contributed by atoms with van der Waals surface area (Å²) in [6.45, 7) is 33.4. The monoisotopic (exact) mass is 793 g/mol. The Balaban J connectivity index is 1.48. The Labute approximate surface area is 360 Å². The third-order valence-corrected chi connectivity index (χ3v) is 11.5. The fourth-order valence-electron chi connectivity index (χ4n) is 7.60. The maximum absolute atomic E-state index is 10.1. The minimum Gasteiger partial charge on any atom is -0.456 e. The van der Waals surface area contributed by atoms with Crippen LogP contribution in [0.4, 0.5) is 17.1 Å². The summed E-state index contributed by atoms with van der Waals surface area (Å²) < 4.78 is 6.69. The van der Waals surface area contributed by atoms with Crippen LogP contribution in [-0.4, -0.2) is 0 Å². The predicted octanol–water partition coefficient (Wildman–Crippen LogP) is 15.6. The highest BCUT2D eigenvalue weighted by Crippen LogP contribution is 2.46. The van der Waals surface area contributed by atoms with E-state index in [1.165, 1.54) is 27.5 Å². The van der Waals surface area contributed by atoms with Crippen molar-refractivity contribution in [1.29, 1.82) is 10.5 Å². The molecule has 6 rings (SSSR count). The Hall–Kier alpha value is -5.84. The summed E-state index contributed by atoms with van der Waals surface area (Å²) in [5, 5.41) is 22.6. The van der Waals surface area contributed by atoms with Crippen LogP contribution in [0, 0.1) is 22.7 Å². The smallest absolute Gasteiger partial charge is 0.139 e. The zero-order valence-electron chi connectivity index (χ0n) is 38.6. The van der Waals surface area contributed by atoms with Crippen molar-refractivity contribution in [3.05, 3.63) is 153 Å². The lowest BCUT2D eigenvalue weighted by Gasteiger charge is -2.31. The summed E-state index contributed by atoms with van der Waals surface area (Å²) in [7, 11) is 0. The van der Waals surface area contributed by atoms with Crippen LogP contribution >= 0.6 is 0 Å². The molecule has 1 aliphatic rings. The molecule has 0 atom stereocenters. The number of hydrogen-bond donors (Lipinski definition) is 0. The van der Waals surface area contributed by atoms with Gasteiger partial charge in [0.25, 0.3) is 0 Å². The summed E-state index contributed by atoms with van der Waals surface area (Å²) in [5.74, 6) is 1.26. The number of ether oxygens (including phenoxy) is 1. The first-order valence-corrected chi connectivity index (χ1v) is 21.2. The topological polar surface area (TPSA) is 60.0 Å². The van der Waals surface area contributed by atoms with Gasteiger partial charge in [-0.3, -0.25) is 0 Å². The predicted molar refractivity (Wildman–Crippen MR) is 254 cm³/mol. The van der Waals surface area contributed by atoms with Crippen LogP contribution < -0.4 is 9.64 Å². The normalized spacial score (nSPS) is 13.7. The molecule has 1 aliphatic heterocycles. The molecule has 0 saturated heterocycles. The molecule has 308 valence electrons. The second kappa shape index (κ2) is 15.6. The molecule has 5 aromatic rings. The van der Waals surface area contributed by atoms with E-state index in [1.54, 1.807) is 0 Å². The van der Waals surface area contributed by atoms with Crippen molar-refractivity contribution in [3.63, 3.8) is 0 Å². The van der Waals surface area contributed by atoms with Gasteiger partial charge in [0.05, 0.1) is 5.69 Å². The van der Waals surface area contributed by atoms with E-state index in [1.807, 2.05) is 18.2 Å². The fraction of sp³-hybridized carbons (Fsp3) is 0.357. The molecule has 0 aliphatic carbocycles. The summed E-state index contributed by atoms with van der Waals surface area (Å²) in [6.07, 6.45) is 5.80. The van der Waals surface area contributed by atoms with Crippen molar-refractivity contribution >= 4 is 39.5 Å². The van der Waals surface area contributed by atoms with Crippen LogP contribution in [0.5, 0.6) is 5.75 Å². The zero-order chi connectivity index (χ0) is 44.2. The Kier molecular flexibility index (Phi) is 11.4. The molecule has 60 heavy (non-hydrogen) atoms. The summed E-state index contributed by atoms with van der Waals surface area (Å²) in [5.41, 5.74) is 11.3. The molecule has 0 fully saturated rings. The van der Waals surface area contributed by atoms with Crippen LogP contribution in [-0.2, 0) is 27.1 Å². The number of anilines is 3. The number of hydrogen-bond acceptors (Lipinski definition) is 4. The average Bonchev–Trinajstić information content (AvgIpc) is 3.15. The van der Waals surface area contributed by atoms with Crippen LogP contribution in [0.3, 0.4) is 0 Å². The van der Waals surface area contributed by atoms with Crippen molar-refractivity contribution < 1.29 is 4.74 Å². The second-order valence-electron chi connectivity index (χ2n) is 21.5. The number of fused-ring (bicyclic) bond motifs is 2. The Morgan fingerprint density at radius 3 is 1.57 bits per heavy atom. The molecule has 0 bridgehead atoms. The average molecular weight is 794 g/mol. The Morgan fingerprint density at radius 2 is 1.05 bits per heavy atom. The van der Waals surface area contributed by atoms with Crippen LogP contribution in [0.15, 0.2) is 114 Å². The summed E-state index contributed by atoms with van der Waals surface area (Å²) in [6, 6.07) is 37.9. The van der Waals surface area contributed by atoms with Gasteiger partial charge in [-0.1, -0.05) is 158 Å². The molecule has 4 nitrogen and oxygen atoms in total. The second-order valence-corrected chi connectivity index (χ2v) is 21.5. The van der Waals surface area contributed by atoms with Gasteiger partial charge in [-0.15, -0.1) is 0 Å². The number of nitrogens with zero attached hydrogens (tertiary/aromatic N) is 3. The molecule has 0 unspecified atom stereocenters. The third-order valence-electron chi connectivity index (χ3n) is 11.5. The molecule has 1 heterocycles. The molecule has 0 N–H and O–H groups in total. The van der Waals surface area contributed by atoms with E-state index >= 15 is 0 Å². The van der Waals surface area contributed by atoms with Crippen molar-refractivity contribution in [2.45, 2.75) is 131 Å².